The average Bonchev–Trinajstić information content (AvgIpc) is 3.01. The number of ether oxygens (including phenoxy) is 3. The SMILES string of the molecule is CCCCNC(CC(=O)OCC)C(=O)c1ccc2c(c1)OCO2. The Kier molecular flexibility index (Phi) is 6.40. The number of benzene rings is 1. The molecular weight excluding hydrogens is 298 g/mol. The van der Waals surface area contributed by atoms with Gasteiger partial charge in [0.1, 0.15) is 0 Å². The second-order valence-electron chi connectivity index (χ2n) is 5.30. The molecule has 0 aliphatic carbocycles. The quantitative estimate of drug-likeness (QED) is 0.427. The Labute approximate surface area is 136 Å². The molecule has 1 aromatic carbocycles. The number of hydrogen-bond donors (Lipinski definition) is 1. The summed E-state index contributed by atoms with van der Waals surface area (Å²) < 4.78 is 15.5. The Balaban J connectivity index is 2.09. The number of unbranched alkanes of at least 4 members (excludes halogenated alkanes) is 1. The van der Waals surface area contributed by atoms with Crippen molar-refractivity contribution in [2.75, 3.05) is 19.9 Å². The summed E-state index contributed by atoms with van der Waals surface area (Å²) in [5.41, 5.74) is 0.493. The summed E-state index contributed by atoms with van der Waals surface area (Å²) in [6.07, 6.45) is 1.97. The topological polar surface area (TPSA) is 73.9 Å². The van der Waals surface area contributed by atoms with E-state index in [9.17, 15) is 9.59 Å². The van der Waals surface area contributed by atoms with E-state index in [4.69, 9.17) is 14.2 Å². The van der Waals surface area contributed by atoms with E-state index >= 15 is 0 Å². The van der Waals surface area contributed by atoms with E-state index < -0.39 is 6.04 Å². The van der Waals surface area contributed by atoms with Crippen molar-refractivity contribution in [2.24, 2.45) is 0 Å². The Morgan fingerprint density at radius 3 is 2.78 bits per heavy atom. The van der Waals surface area contributed by atoms with Gasteiger partial charge in [0.2, 0.25) is 6.79 Å². The molecule has 0 fully saturated rings. The van der Waals surface area contributed by atoms with E-state index in [1.54, 1.807) is 25.1 Å². The van der Waals surface area contributed by atoms with Crippen molar-refractivity contribution in [3.05, 3.63) is 23.8 Å². The highest BCUT2D eigenvalue weighted by molar-refractivity contribution is 6.02. The van der Waals surface area contributed by atoms with E-state index in [1.165, 1.54) is 0 Å². The van der Waals surface area contributed by atoms with Crippen molar-refractivity contribution in [3.8, 4) is 11.5 Å². The van der Waals surface area contributed by atoms with Crippen molar-refractivity contribution in [2.45, 2.75) is 39.2 Å². The van der Waals surface area contributed by atoms with E-state index in [-0.39, 0.29) is 25.0 Å². The first-order chi connectivity index (χ1) is 11.2. The minimum atomic E-state index is -0.596. The number of ketones is 1. The first-order valence-corrected chi connectivity index (χ1v) is 7.98. The van der Waals surface area contributed by atoms with Gasteiger partial charge in [-0.2, -0.15) is 0 Å². The first kappa shape index (κ1) is 17.3. The lowest BCUT2D eigenvalue weighted by molar-refractivity contribution is -0.143. The highest BCUT2D eigenvalue weighted by atomic mass is 16.7. The normalized spacial score (nSPS) is 13.7. The molecule has 0 saturated carbocycles. The zero-order chi connectivity index (χ0) is 16.7. The van der Waals surface area contributed by atoms with Gasteiger partial charge in [0.05, 0.1) is 19.1 Å². The lowest BCUT2D eigenvalue weighted by Crippen LogP contribution is -2.39. The second kappa shape index (κ2) is 8.53. The van der Waals surface area contributed by atoms with Crippen LogP contribution in [0.15, 0.2) is 18.2 Å². The maximum atomic E-state index is 12.7. The fourth-order valence-corrected chi connectivity index (χ4v) is 2.35. The minimum Gasteiger partial charge on any atom is -0.466 e. The van der Waals surface area contributed by atoms with Crippen LogP contribution in [-0.2, 0) is 9.53 Å². The number of hydrogen-bond acceptors (Lipinski definition) is 6. The molecule has 6 nitrogen and oxygen atoms in total. The largest absolute Gasteiger partial charge is 0.466 e. The maximum absolute atomic E-state index is 12.7. The predicted octanol–water partition coefficient (Wildman–Crippen LogP) is 2.31. The van der Waals surface area contributed by atoms with Crippen molar-refractivity contribution in [1.82, 2.24) is 5.32 Å². The van der Waals surface area contributed by atoms with Gasteiger partial charge < -0.3 is 19.5 Å². The molecule has 1 aliphatic rings. The summed E-state index contributed by atoms with van der Waals surface area (Å²) in [4.78, 5) is 24.5. The third-order valence-corrected chi connectivity index (χ3v) is 3.57. The van der Waals surface area contributed by atoms with Crippen LogP contribution in [0.3, 0.4) is 0 Å². The molecule has 0 radical (unpaired) electrons. The van der Waals surface area contributed by atoms with Crippen LogP contribution < -0.4 is 14.8 Å². The molecule has 0 amide bonds. The van der Waals surface area contributed by atoms with E-state index in [0.29, 0.717) is 30.2 Å². The number of carbonyl (C=O) groups excluding carboxylic acids is 2. The molecule has 0 aromatic heterocycles. The number of rotatable bonds is 9. The van der Waals surface area contributed by atoms with Gasteiger partial charge >= 0.3 is 5.97 Å². The fraction of sp³-hybridized carbons (Fsp3) is 0.529. The molecule has 1 atom stereocenters. The third kappa shape index (κ3) is 4.69. The van der Waals surface area contributed by atoms with Gasteiger partial charge in [-0.15, -0.1) is 0 Å². The van der Waals surface area contributed by atoms with Crippen LogP contribution in [-0.4, -0.2) is 37.7 Å². The van der Waals surface area contributed by atoms with Crippen molar-refractivity contribution in [3.63, 3.8) is 0 Å². The Bertz CT molecular complexity index is 558. The zero-order valence-corrected chi connectivity index (χ0v) is 13.6. The maximum Gasteiger partial charge on any atom is 0.307 e. The first-order valence-electron chi connectivity index (χ1n) is 7.98. The predicted molar refractivity (Wildman–Crippen MR) is 84.8 cm³/mol. The molecule has 23 heavy (non-hydrogen) atoms. The van der Waals surface area contributed by atoms with Crippen molar-refractivity contribution < 1.29 is 23.8 Å². The second-order valence-corrected chi connectivity index (χ2v) is 5.30. The average molecular weight is 321 g/mol. The van der Waals surface area contributed by atoms with Crippen molar-refractivity contribution >= 4 is 11.8 Å². The van der Waals surface area contributed by atoms with Crippen molar-refractivity contribution in [1.29, 1.82) is 0 Å². The van der Waals surface area contributed by atoms with Gasteiger partial charge in [0.15, 0.2) is 17.3 Å². The number of nitrogens with one attached hydrogen (secondary N) is 1. The minimum absolute atomic E-state index is 0.0187. The van der Waals surface area contributed by atoms with Crippen LogP contribution in [0.1, 0.15) is 43.5 Å². The van der Waals surface area contributed by atoms with Crippen LogP contribution in [0.5, 0.6) is 11.5 Å². The van der Waals surface area contributed by atoms with Gasteiger partial charge in [0, 0.05) is 5.56 Å². The summed E-state index contributed by atoms with van der Waals surface area (Å²) in [6, 6.07) is 4.46. The Morgan fingerprint density at radius 1 is 1.26 bits per heavy atom. The molecule has 0 bridgehead atoms. The molecule has 1 aromatic rings. The summed E-state index contributed by atoms with van der Waals surface area (Å²) in [5, 5.41) is 3.15. The molecule has 2 rings (SSSR count). The molecule has 0 spiro atoms. The summed E-state index contributed by atoms with van der Waals surface area (Å²) in [6.45, 7) is 4.96. The fourth-order valence-electron chi connectivity index (χ4n) is 2.35. The zero-order valence-electron chi connectivity index (χ0n) is 13.6. The molecule has 0 saturated heterocycles. The van der Waals surface area contributed by atoms with Crippen LogP contribution >= 0.6 is 0 Å². The van der Waals surface area contributed by atoms with Gasteiger partial charge in [-0.3, -0.25) is 9.59 Å². The monoisotopic (exact) mass is 321 g/mol. The van der Waals surface area contributed by atoms with E-state index in [1.807, 2.05) is 0 Å². The summed E-state index contributed by atoms with van der Waals surface area (Å²) in [7, 11) is 0. The molecule has 126 valence electrons. The van der Waals surface area contributed by atoms with Crippen LogP contribution in [0.4, 0.5) is 0 Å². The smallest absolute Gasteiger partial charge is 0.307 e. The number of carbonyl (C=O) groups is 2. The van der Waals surface area contributed by atoms with Gasteiger partial charge in [-0.1, -0.05) is 13.3 Å². The molecule has 1 heterocycles. The highest BCUT2D eigenvalue weighted by Crippen LogP contribution is 2.32. The van der Waals surface area contributed by atoms with Gasteiger partial charge in [-0.25, -0.2) is 0 Å². The lowest BCUT2D eigenvalue weighted by atomic mass is 10.0. The van der Waals surface area contributed by atoms with Crippen LogP contribution in [0.25, 0.3) is 0 Å². The molecule has 6 heteroatoms. The molecular formula is C17H23NO5. The number of Topliss-reactive ketones (excluding diaryl/α,β-unsaturated/α-hetero) is 1. The van der Waals surface area contributed by atoms with Gasteiger partial charge in [0.25, 0.3) is 0 Å². The lowest BCUT2D eigenvalue weighted by Gasteiger charge is -2.17. The Morgan fingerprint density at radius 2 is 2.04 bits per heavy atom. The van der Waals surface area contributed by atoms with Gasteiger partial charge in [-0.05, 0) is 38.1 Å². The molecule has 1 N–H and O–H groups in total. The molecule has 1 unspecified atom stereocenters. The third-order valence-electron chi connectivity index (χ3n) is 3.57. The van der Waals surface area contributed by atoms with E-state index in [0.717, 1.165) is 12.8 Å². The number of fused-ring (bicyclic) bond motifs is 1. The molecule has 1 aliphatic heterocycles. The van der Waals surface area contributed by atoms with Crippen LogP contribution in [0, 0.1) is 0 Å². The standard InChI is InChI=1S/C17H23NO5/c1-3-5-8-18-13(10-16(19)21-4-2)17(20)12-6-7-14-15(9-12)23-11-22-14/h6-7,9,13,18H,3-5,8,10-11H2,1-2H3. The Hall–Kier alpha value is -2.08. The van der Waals surface area contributed by atoms with Crippen LogP contribution in [0.2, 0.25) is 0 Å². The highest BCUT2D eigenvalue weighted by Gasteiger charge is 2.25. The van der Waals surface area contributed by atoms with E-state index in [2.05, 4.69) is 12.2 Å². The number of esters is 1. The summed E-state index contributed by atoms with van der Waals surface area (Å²) >= 11 is 0. The summed E-state index contributed by atoms with van der Waals surface area (Å²) in [5.74, 6) is 0.657.